The molecule has 4 rings (SSSR count). The van der Waals surface area contributed by atoms with Crippen molar-refractivity contribution in [3.8, 4) is 5.75 Å². The van der Waals surface area contributed by atoms with Gasteiger partial charge in [-0.15, -0.1) is 0 Å². The van der Waals surface area contributed by atoms with E-state index < -0.39 is 10.0 Å². The van der Waals surface area contributed by atoms with Crippen molar-refractivity contribution in [1.82, 2.24) is 9.21 Å². The lowest BCUT2D eigenvalue weighted by molar-refractivity contribution is 0.136. The quantitative estimate of drug-likeness (QED) is 0.632. The molecule has 5 nitrogen and oxygen atoms in total. The summed E-state index contributed by atoms with van der Waals surface area (Å²) in [6.07, 6.45) is 5.44. The molecule has 1 saturated carbocycles. The summed E-state index contributed by atoms with van der Waals surface area (Å²) in [6.45, 7) is 5.04. The third kappa shape index (κ3) is 5.30. The van der Waals surface area contributed by atoms with E-state index in [9.17, 15) is 8.42 Å². The monoisotopic (exact) mass is 442 g/mol. The fourth-order valence-corrected chi connectivity index (χ4v) is 6.25. The molecule has 0 bridgehead atoms. The largest absolute Gasteiger partial charge is 0.489 e. The van der Waals surface area contributed by atoms with Gasteiger partial charge in [-0.3, -0.25) is 0 Å². The van der Waals surface area contributed by atoms with Crippen LogP contribution < -0.4 is 4.74 Å². The zero-order valence-corrected chi connectivity index (χ0v) is 19.4. The van der Waals surface area contributed by atoms with E-state index in [4.69, 9.17) is 4.74 Å². The van der Waals surface area contributed by atoms with Crippen molar-refractivity contribution in [3.63, 3.8) is 0 Å². The van der Waals surface area contributed by atoms with Gasteiger partial charge in [-0.2, -0.15) is 4.31 Å². The molecule has 2 fully saturated rings. The number of rotatable bonds is 7. The van der Waals surface area contributed by atoms with E-state index in [1.165, 1.54) is 12.8 Å². The van der Waals surface area contributed by atoms with Crippen molar-refractivity contribution in [3.05, 3.63) is 60.2 Å². The summed E-state index contributed by atoms with van der Waals surface area (Å²) in [5.74, 6) is 1.39. The minimum Gasteiger partial charge on any atom is -0.489 e. The second kappa shape index (κ2) is 9.72. The molecule has 0 N–H and O–H groups in total. The van der Waals surface area contributed by atoms with Crippen LogP contribution in [-0.4, -0.2) is 49.8 Å². The number of nitrogens with zero attached hydrogens (tertiary/aromatic N) is 2. The Balaban J connectivity index is 1.39. The first-order valence-corrected chi connectivity index (χ1v) is 12.9. The highest BCUT2D eigenvalue weighted by Gasteiger charge is 2.37. The summed E-state index contributed by atoms with van der Waals surface area (Å²) in [4.78, 5) is 2.88. The molecule has 0 radical (unpaired) electrons. The molecule has 2 aromatic carbocycles. The Kier molecular flexibility index (Phi) is 6.99. The van der Waals surface area contributed by atoms with Gasteiger partial charge in [0.05, 0.1) is 4.90 Å². The SMILES string of the molecule is CC1CCN(C2CCC(N(C)S(=O)(=O)c3cccc(OCc4ccccc4)c3)C2)CC1. The second-order valence-corrected chi connectivity index (χ2v) is 11.1. The van der Waals surface area contributed by atoms with Crippen LogP contribution in [0.25, 0.3) is 0 Å². The number of hydrogen-bond acceptors (Lipinski definition) is 4. The molecular weight excluding hydrogens is 408 g/mol. The van der Waals surface area contributed by atoms with Crippen LogP contribution in [0.5, 0.6) is 5.75 Å². The number of sulfonamides is 1. The highest BCUT2D eigenvalue weighted by Crippen LogP contribution is 2.33. The third-order valence-corrected chi connectivity index (χ3v) is 8.86. The Morgan fingerprint density at radius 2 is 1.74 bits per heavy atom. The zero-order valence-electron chi connectivity index (χ0n) is 18.6. The van der Waals surface area contributed by atoms with Gasteiger partial charge in [-0.25, -0.2) is 8.42 Å². The van der Waals surface area contributed by atoms with Crippen LogP contribution >= 0.6 is 0 Å². The number of piperidine rings is 1. The summed E-state index contributed by atoms with van der Waals surface area (Å²) >= 11 is 0. The van der Waals surface area contributed by atoms with Crippen LogP contribution in [0.2, 0.25) is 0 Å². The van der Waals surface area contributed by atoms with Crippen LogP contribution in [-0.2, 0) is 16.6 Å². The van der Waals surface area contributed by atoms with Crippen molar-refractivity contribution >= 4 is 10.0 Å². The van der Waals surface area contributed by atoms with Gasteiger partial charge in [0.1, 0.15) is 12.4 Å². The number of ether oxygens (including phenoxy) is 1. The van der Waals surface area contributed by atoms with E-state index in [0.29, 0.717) is 23.3 Å². The van der Waals surface area contributed by atoms with E-state index in [0.717, 1.165) is 43.8 Å². The average Bonchev–Trinajstić information content (AvgIpc) is 3.28. The number of benzene rings is 2. The molecule has 31 heavy (non-hydrogen) atoms. The van der Waals surface area contributed by atoms with Crippen LogP contribution in [0.15, 0.2) is 59.5 Å². The minimum absolute atomic E-state index is 0.0586. The van der Waals surface area contributed by atoms with E-state index in [1.807, 2.05) is 36.4 Å². The van der Waals surface area contributed by atoms with Crippen molar-refractivity contribution in [2.75, 3.05) is 20.1 Å². The maximum atomic E-state index is 13.3. The van der Waals surface area contributed by atoms with E-state index in [-0.39, 0.29) is 6.04 Å². The molecule has 1 heterocycles. The number of hydrogen-bond donors (Lipinski definition) is 0. The maximum Gasteiger partial charge on any atom is 0.243 e. The van der Waals surface area contributed by atoms with Gasteiger partial charge < -0.3 is 9.64 Å². The molecule has 2 unspecified atom stereocenters. The standard InChI is InChI=1S/C25H34N2O3S/c1-20-13-15-27(16-14-20)23-12-11-22(17-23)26(2)31(28,29)25-10-6-9-24(18-25)30-19-21-7-4-3-5-8-21/h3-10,18,20,22-23H,11-17,19H2,1-2H3. The maximum absolute atomic E-state index is 13.3. The lowest BCUT2D eigenvalue weighted by Crippen LogP contribution is -2.41. The highest BCUT2D eigenvalue weighted by molar-refractivity contribution is 7.89. The lowest BCUT2D eigenvalue weighted by atomic mass is 9.97. The van der Waals surface area contributed by atoms with E-state index in [2.05, 4.69) is 11.8 Å². The van der Waals surface area contributed by atoms with Crippen molar-refractivity contribution in [2.45, 2.75) is 62.6 Å². The Labute approximate surface area is 187 Å². The molecule has 0 aromatic heterocycles. The molecule has 2 aliphatic rings. The fourth-order valence-electron chi connectivity index (χ4n) is 4.82. The molecule has 168 valence electrons. The zero-order chi connectivity index (χ0) is 21.8. The second-order valence-electron chi connectivity index (χ2n) is 9.11. The van der Waals surface area contributed by atoms with Crippen LogP contribution in [0.1, 0.15) is 44.6 Å². The molecule has 2 aromatic rings. The first-order valence-electron chi connectivity index (χ1n) is 11.4. The Bertz CT molecular complexity index is 956. The topological polar surface area (TPSA) is 49.9 Å². The van der Waals surface area contributed by atoms with Crippen LogP contribution in [0.4, 0.5) is 0 Å². The first kappa shape index (κ1) is 22.3. The van der Waals surface area contributed by atoms with Gasteiger partial charge in [-0.1, -0.05) is 43.3 Å². The van der Waals surface area contributed by atoms with Gasteiger partial charge in [0, 0.05) is 25.2 Å². The summed E-state index contributed by atoms with van der Waals surface area (Å²) in [6, 6.07) is 17.3. The lowest BCUT2D eigenvalue weighted by Gasteiger charge is -2.35. The summed E-state index contributed by atoms with van der Waals surface area (Å²) in [7, 11) is -1.82. The van der Waals surface area contributed by atoms with Crippen molar-refractivity contribution in [1.29, 1.82) is 0 Å². The van der Waals surface area contributed by atoms with Gasteiger partial charge in [0.2, 0.25) is 10.0 Å². The summed E-state index contributed by atoms with van der Waals surface area (Å²) in [5.41, 5.74) is 1.05. The van der Waals surface area contributed by atoms with Crippen molar-refractivity contribution in [2.24, 2.45) is 5.92 Å². The van der Waals surface area contributed by atoms with Crippen molar-refractivity contribution < 1.29 is 13.2 Å². The molecule has 1 aliphatic heterocycles. The summed E-state index contributed by atoms with van der Waals surface area (Å²) < 4.78 is 34.1. The van der Waals surface area contributed by atoms with Gasteiger partial charge in [0.15, 0.2) is 0 Å². The Hall–Kier alpha value is -1.89. The predicted octanol–water partition coefficient (Wildman–Crippen LogP) is 4.54. The molecule has 2 atom stereocenters. The molecule has 1 aliphatic carbocycles. The molecule has 6 heteroatoms. The van der Waals surface area contributed by atoms with E-state index in [1.54, 1.807) is 29.6 Å². The van der Waals surface area contributed by atoms with Crippen LogP contribution in [0.3, 0.4) is 0 Å². The van der Waals surface area contributed by atoms with E-state index >= 15 is 0 Å². The normalized spacial score (nSPS) is 23.3. The highest BCUT2D eigenvalue weighted by atomic mass is 32.2. The molecule has 0 amide bonds. The van der Waals surface area contributed by atoms with Gasteiger partial charge >= 0.3 is 0 Å². The smallest absolute Gasteiger partial charge is 0.243 e. The molecule has 0 spiro atoms. The molecular formula is C25H34N2O3S. The summed E-state index contributed by atoms with van der Waals surface area (Å²) in [5, 5.41) is 0. The van der Waals surface area contributed by atoms with Gasteiger partial charge in [0.25, 0.3) is 0 Å². The predicted molar refractivity (Wildman–Crippen MR) is 124 cm³/mol. The third-order valence-electron chi connectivity index (χ3n) is 6.96. The fraction of sp³-hybridized carbons (Fsp3) is 0.520. The average molecular weight is 443 g/mol. The first-order chi connectivity index (χ1) is 14.9. The minimum atomic E-state index is -3.56. The van der Waals surface area contributed by atoms with Gasteiger partial charge in [-0.05, 0) is 68.8 Å². The Morgan fingerprint density at radius 3 is 2.48 bits per heavy atom. The Morgan fingerprint density at radius 1 is 1.00 bits per heavy atom. The number of likely N-dealkylation sites (tertiary alicyclic amines) is 1. The molecule has 1 saturated heterocycles. The van der Waals surface area contributed by atoms with Crippen LogP contribution in [0, 0.1) is 5.92 Å².